The molecule has 1 aliphatic heterocycles. The van der Waals surface area contributed by atoms with Crippen LogP contribution in [0.5, 0.6) is 0 Å². The summed E-state index contributed by atoms with van der Waals surface area (Å²) in [6.45, 7) is 0.701. The summed E-state index contributed by atoms with van der Waals surface area (Å²) >= 11 is 1.30. The summed E-state index contributed by atoms with van der Waals surface area (Å²) in [5, 5.41) is 7.71. The van der Waals surface area contributed by atoms with Crippen LogP contribution in [-0.4, -0.2) is 23.5 Å². The molecule has 0 atom stereocenters. The molecule has 2 N–H and O–H groups in total. The Morgan fingerprint density at radius 1 is 1.04 bits per heavy atom. The van der Waals surface area contributed by atoms with Gasteiger partial charge in [-0.25, -0.2) is 9.78 Å². The normalized spacial score (nSPS) is 12.5. The highest BCUT2D eigenvalue weighted by molar-refractivity contribution is 7.14. The number of hydrogen-bond donors (Lipinski definition) is 2. The first kappa shape index (κ1) is 17.2. The van der Waals surface area contributed by atoms with Crippen LogP contribution in [0.25, 0.3) is 0 Å². The van der Waals surface area contributed by atoms with Gasteiger partial charge in [0.2, 0.25) is 5.91 Å². The van der Waals surface area contributed by atoms with E-state index in [-0.39, 0.29) is 18.4 Å². The lowest BCUT2D eigenvalue weighted by molar-refractivity contribution is -0.117. The zero-order valence-electron chi connectivity index (χ0n) is 14.5. The Labute approximate surface area is 160 Å². The van der Waals surface area contributed by atoms with Gasteiger partial charge in [-0.05, 0) is 30.2 Å². The van der Waals surface area contributed by atoms with Crippen LogP contribution in [0.1, 0.15) is 11.3 Å². The molecule has 0 bridgehead atoms. The maximum atomic E-state index is 12.6. The lowest BCUT2D eigenvalue weighted by Gasteiger charge is -2.16. The fraction of sp³-hybridized carbons (Fsp3) is 0.150. The monoisotopic (exact) mass is 378 g/mol. The molecule has 2 aromatic carbocycles. The molecule has 0 radical (unpaired) electrons. The summed E-state index contributed by atoms with van der Waals surface area (Å²) in [5.41, 5.74) is 3.54. The van der Waals surface area contributed by atoms with E-state index in [1.165, 1.54) is 16.9 Å². The smallest absolute Gasteiger partial charge is 0.311 e. The molecule has 27 heavy (non-hydrogen) atoms. The first-order chi connectivity index (χ1) is 13.2. The molecule has 0 fully saturated rings. The zero-order chi connectivity index (χ0) is 18.6. The second kappa shape index (κ2) is 7.59. The van der Waals surface area contributed by atoms with Crippen molar-refractivity contribution in [3.8, 4) is 0 Å². The van der Waals surface area contributed by atoms with E-state index in [9.17, 15) is 9.59 Å². The minimum atomic E-state index is -0.359. The highest BCUT2D eigenvalue weighted by Crippen LogP contribution is 2.28. The molecule has 1 aromatic heterocycles. The first-order valence-electron chi connectivity index (χ1n) is 8.65. The van der Waals surface area contributed by atoms with Gasteiger partial charge in [0.05, 0.1) is 12.1 Å². The van der Waals surface area contributed by atoms with E-state index < -0.39 is 0 Å². The molecule has 0 spiro atoms. The second-order valence-electron chi connectivity index (χ2n) is 6.19. The van der Waals surface area contributed by atoms with Gasteiger partial charge in [0.15, 0.2) is 5.13 Å². The van der Waals surface area contributed by atoms with Crippen LogP contribution in [0.3, 0.4) is 0 Å². The third kappa shape index (κ3) is 3.98. The van der Waals surface area contributed by atoms with E-state index in [2.05, 4.69) is 21.7 Å². The predicted molar refractivity (Wildman–Crippen MR) is 107 cm³/mol. The number of rotatable bonds is 4. The maximum Gasteiger partial charge on any atom is 0.325 e. The number of aromatic nitrogens is 1. The van der Waals surface area contributed by atoms with Gasteiger partial charge in [-0.3, -0.25) is 10.1 Å². The Morgan fingerprint density at radius 3 is 2.67 bits per heavy atom. The number of thiazole rings is 1. The van der Waals surface area contributed by atoms with E-state index in [1.54, 1.807) is 17.5 Å². The van der Waals surface area contributed by atoms with Crippen molar-refractivity contribution >= 4 is 39.8 Å². The number of hydrogen-bond acceptors (Lipinski definition) is 4. The van der Waals surface area contributed by atoms with Crippen LogP contribution < -0.4 is 15.5 Å². The van der Waals surface area contributed by atoms with Crippen LogP contribution in [0, 0.1) is 0 Å². The van der Waals surface area contributed by atoms with Crippen molar-refractivity contribution in [2.45, 2.75) is 12.8 Å². The van der Waals surface area contributed by atoms with Crippen LogP contribution in [-0.2, 0) is 17.6 Å². The zero-order valence-corrected chi connectivity index (χ0v) is 15.3. The molecule has 0 unspecified atom stereocenters. The average molecular weight is 378 g/mol. The van der Waals surface area contributed by atoms with Crippen LogP contribution in [0.2, 0.25) is 0 Å². The van der Waals surface area contributed by atoms with Crippen molar-refractivity contribution in [2.24, 2.45) is 0 Å². The van der Waals surface area contributed by atoms with E-state index in [4.69, 9.17) is 0 Å². The van der Waals surface area contributed by atoms with Crippen molar-refractivity contribution in [1.82, 2.24) is 4.98 Å². The molecule has 0 saturated heterocycles. The largest absolute Gasteiger partial charge is 0.325 e. The first-order valence-corrected chi connectivity index (χ1v) is 9.53. The number of para-hydroxylation sites is 2. The molecule has 2 heterocycles. The van der Waals surface area contributed by atoms with E-state index in [0.29, 0.717) is 23.1 Å². The second-order valence-corrected chi connectivity index (χ2v) is 7.05. The van der Waals surface area contributed by atoms with Crippen molar-refractivity contribution < 1.29 is 9.59 Å². The minimum absolute atomic E-state index is 0.0190. The fourth-order valence-electron chi connectivity index (χ4n) is 3.07. The number of urea groups is 1. The molecule has 4 rings (SSSR count). The summed E-state index contributed by atoms with van der Waals surface area (Å²) in [4.78, 5) is 30.8. The van der Waals surface area contributed by atoms with Crippen molar-refractivity contribution in [3.63, 3.8) is 0 Å². The van der Waals surface area contributed by atoms with Crippen LogP contribution in [0.15, 0.2) is 60.0 Å². The van der Waals surface area contributed by atoms with Gasteiger partial charge < -0.3 is 10.2 Å². The quantitative estimate of drug-likeness (QED) is 0.723. The van der Waals surface area contributed by atoms with Crippen LogP contribution in [0.4, 0.5) is 21.3 Å². The fourth-order valence-corrected chi connectivity index (χ4v) is 3.78. The number of anilines is 3. The Kier molecular flexibility index (Phi) is 4.84. The number of fused-ring (bicyclic) bond motifs is 1. The van der Waals surface area contributed by atoms with Crippen molar-refractivity contribution in [1.29, 1.82) is 0 Å². The number of carbonyl (C=O) groups is 2. The summed E-state index contributed by atoms with van der Waals surface area (Å²) in [6.07, 6.45) is 1.10. The van der Waals surface area contributed by atoms with Crippen LogP contribution >= 0.6 is 11.3 Å². The number of amides is 3. The third-order valence-electron chi connectivity index (χ3n) is 4.32. The molecule has 0 saturated carbocycles. The number of nitrogens with one attached hydrogen (secondary N) is 2. The Balaban J connectivity index is 1.36. The van der Waals surface area contributed by atoms with Gasteiger partial charge in [0.1, 0.15) is 0 Å². The van der Waals surface area contributed by atoms with Gasteiger partial charge in [-0.1, -0.05) is 36.4 Å². The van der Waals surface area contributed by atoms with Gasteiger partial charge in [-0.2, -0.15) is 0 Å². The lowest BCUT2D eigenvalue weighted by Crippen LogP contribution is -2.30. The van der Waals surface area contributed by atoms with Crippen molar-refractivity contribution in [2.75, 3.05) is 22.1 Å². The van der Waals surface area contributed by atoms with Gasteiger partial charge in [0, 0.05) is 23.3 Å². The van der Waals surface area contributed by atoms with E-state index >= 15 is 0 Å². The molecule has 1 aliphatic rings. The Morgan fingerprint density at radius 2 is 1.81 bits per heavy atom. The standard InChI is InChI=1S/C20H18N4O2S/c25-18(24-11-10-14-6-4-5-9-17(14)24)12-16-13-27-20(22-16)23-19(26)21-15-7-2-1-3-8-15/h1-9,13H,10-12H2,(H2,21,22,23,26). The minimum Gasteiger partial charge on any atom is -0.311 e. The van der Waals surface area contributed by atoms with Gasteiger partial charge in [0.25, 0.3) is 0 Å². The molecular weight excluding hydrogens is 360 g/mol. The highest BCUT2D eigenvalue weighted by atomic mass is 32.1. The Bertz CT molecular complexity index is 971. The molecule has 0 aliphatic carbocycles. The third-order valence-corrected chi connectivity index (χ3v) is 5.13. The Hall–Kier alpha value is -3.19. The molecule has 7 heteroatoms. The topological polar surface area (TPSA) is 74.3 Å². The molecule has 136 valence electrons. The summed E-state index contributed by atoms with van der Waals surface area (Å²) in [6, 6.07) is 16.8. The maximum absolute atomic E-state index is 12.6. The molecule has 6 nitrogen and oxygen atoms in total. The average Bonchev–Trinajstić information content (AvgIpc) is 3.29. The van der Waals surface area contributed by atoms with Crippen molar-refractivity contribution in [3.05, 3.63) is 71.2 Å². The number of carbonyl (C=O) groups excluding carboxylic acids is 2. The predicted octanol–water partition coefficient (Wildman–Crippen LogP) is 3.92. The molecular formula is C20H18N4O2S. The summed E-state index contributed by atoms with van der Waals surface area (Å²) in [7, 11) is 0. The summed E-state index contributed by atoms with van der Waals surface area (Å²) < 4.78 is 0. The SMILES string of the molecule is O=C(Nc1ccccc1)Nc1nc(CC(=O)N2CCc3ccccc32)cs1. The number of benzene rings is 2. The van der Waals surface area contributed by atoms with E-state index in [0.717, 1.165) is 12.1 Å². The molecule has 3 amide bonds. The lowest BCUT2D eigenvalue weighted by atomic mass is 10.2. The van der Waals surface area contributed by atoms with Gasteiger partial charge >= 0.3 is 6.03 Å². The van der Waals surface area contributed by atoms with E-state index in [1.807, 2.05) is 41.3 Å². The van der Waals surface area contributed by atoms with Gasteiger partial charge in [-0.15, -0.1) is 11.3 Å². The highest BCUT2D eigenvalue weighted by Gasteiger charge is 2.24. The molecule has 3 aromatic rings. The number of nitrogens with zero attached hydrogens (tertiary/aromatic N) is 2. The summed E-state index contributed by atoms with van der Waals surface area (Å²) in [5.74, 6) is 0.0190.